The van der Waals surface area contributed by atoms with E-state index in [2.05, 4.69) is 46.2 Å². The Balaban J connectivity index is 1.07. The molecule has 41 heavy (non-hydrogen) atoms. The number of allylic oxidation sites excluding steroid dienone is 2. The number of ether oxygens (including phenoxy) is 2. The van der Waals surface area contributed by atoms with Crippen molar-refractivity contribution < 1.29 is 14.3 Å². The molecule has 2 aromatic carbocycles. The van der Waals surface area contributed by atoms with Crippen molar-refractivity contribution in [2.45, 2.75) is 70.6 Å². The number of benzene rings is 2. The van der Waals surface area contributed by atoms with Crippen LogP contribution in [0.5, 0.6) is 11.5 Å². The molecule has 0 atom stereocenters. The summed E-state index contributed by atoms with van der Waals surface area (Å²) in [4.78, 5) is 18.4. The molecule has 5 nitrogen and oxygen atoms in total. The lowest BCUT2D eigenvalue weighted by Crippen LogP contribution is -2.31. The zero-order chi connectivity index (χ0) is 28.1. The standard InChI is InChI=1S/C36H48N2O3/c39-36-32(28-30-12-16-34(17-13-30)40-26-8-24-37-20-3-1-4-21-37)10-7-11-33(36)29-31-14-18-35(19-15-31)41-27-9-25-38-22-5-2-6-23-38/h12-19,28-29H,1-11,20-27H2/b32-28+,33-29+. The highest BCUT2D eigenvalue weighted by Gasteiger charge is 2.20. The van der Waals surface area contributed by atoms with E-state index in [4.69, 9.17) is 9.47 Å². The first-order valence-corrected chi connectivity index (χ1v) is 16.1. The topological polar surface area (TPSA) is 42.0 Å². The Bertz CT molecular complexity index is 1050. The zero-order valence-corrected chi connectivity index (χ0v) is 24.8. The molecule has 220 valence electrons. The first-order valence-electron chi connectivity index (χ1n) is 16.1. The van der Waals surface area contributed by atoms with E-state index < -0.39 is 0 Å². The van der Waals surface area contributed by atoms with Gasteiger partial charge in [0.15, 0.2) is 5.78 Å². The molecular formula is C36H48N2O3. The molecule has 3 aliphatic rings. The summed E-state index contributed by atoms with van der Waals surface area (Å²) in [6, 6.07) is 16.3. The fraction of sp³-hybridized carbons (Fsp3) is 0.528. The zero-order valence-electron chi connectivity index (χ0n) is 24.8. The molecule has 5 rings (SSSR count). The molecule has 0 radical (unpaired) electrons. The van der Waals surface area contributed by atoms with E-state index >= 15 is 0 Å². The number of carbonyl (C=O) groups excluding carboxylic acids is 1. The van der Waals surface area contributed by atoms with Gasteiger partial charge in [0.05, 0.1) is 13.2 Å². The number of hydrogen-bond acceptors (Lipinski definition) is 5. The quantitative estimate of drug-likeness (QED) is 0.201. The van der Waals surface area contributed by atoms with Gasteiger partial charge in [-0.25, -0.2) is 0 Å². The minimum absolute atomic E-state index is 0.173. The maximum atomic E-state index is 13.3. The molecule has 0 N–H and O–H groups in total. The Morgan fingerprint density at radius 3 is 1.39 bits per heavy atom. The summed E-state index contributed by atoms with van der Waals surface area (Å²) in [5, 5.41) is 0. The molecule has 5 heteroatoms. The van der Waals surface area contributed by atoms with Crippen molar-refractivity contribution in [3.05, 3.63) is 70.8 Å². The fourth-order valence-corrected chi connectivity index (χ4v) is 6.22. The number of Topliss-reactive ketones (excluding diaryl/α,β-unsaturated/α-hetero) is 1. The molecule has 0 unspecified atom stereocenters. The van der Waals surface area contributed by atoms with Crippen molar-refractivity contribution in [3.8, 4) is 11.5 Å². The van der Waals surface area contributed by atoms with E-state index in [0.29, 0.717) is 0 Å². The minimum atomic E-state index is 0.173. The van der Waals surface area contributed by atoms with Crippen LogP contribution in [-0.2, 0) is 4.79 Å². The number of piperidine rings is 2. The predicted octanol–water partition coefficient (Wildman–Crippen LogP) is 7.42. The number of likely N-dealkylation sites (tertiary alicyclic amines) is 2. The monoisotopic (exact) mass is 556 g/mol. The van der Waals surface area contributed by atoms with E-state index in [1.54, 1.807) is 0 Å². The lowest BCUT2D eigenvalue weighted by Gasteiger charge is -2.26. The molecule has 3 fully saturated rings. The summed E-state index contributed by atoms with van der Waals surface area (Å²) in [5.41, 5.74) is 3.90. The largest absolute Gasteiger partial charge is 0.494 e. The van der Waals surface area contributed by atoms with Gasteiger partial charge in [-0.3, -0.25) is 4.79 Å². The van der Waals surface area contributed by atoms with E-state index in [1.807, 2.05) is 24.3 Å². The molecule has 0 aromatic heterocycles. The van der Waals surface area contributed by atoms with Gasteiger partial charge in [-0.2, -0.15) is 0 Å². The summed E-state index contributed by atoms with van der Waals surface area (Å²) >= 11 is 0. The van der Waals surface area contributed by atoms with E-state index in [0.717, 1.165) is 92.2 Å². The van der Waals surface area contributed by atoms with E-state index in [-0.39, 0.29) is 5.78 Å². The SMILES string of the molecule is O=C1/C(=C/c2ccc(OCCCN3CCCCC3)cc2)CCC/C1=C\c1ccc(OCCCN2CCCCC2)cc1. The van der Waals surface area contributed by atoms with Crippen LogP contribution in [0.15, 0.2) is 59.7 Å². The highest BCUT2D eigenvalue weighted by Crippen LogP contribution is 2.29. The van der Waals surface area contributed by atoms with Crippen LogP contribution in [0.3, 0.4) is 0 Å². The normalized spacial score (nSPS) is 20.9. The van der Waals surface area contributed by atoms with Gasteiger partial charge in [-0.15, -0.1) is 0 Å². The second kappa shape index (κ2) is 15.9. The second-order valence-corrected chi connectivity index (χ2v) is 11.9. The molecule has 0 bridgehead atoms. The highest BCUT2D eigenvalue weighted by atomic mass is 16.5. The van der Waals surface area contributed by atoms with Crippen molar-refractivity contribution in [3.63, 3.8) is 0 Å². The van der Waals surface area contributed by atoms with Crippen molar-refractivity contribution in [1.82, 2.24) is 9.80 Å². The Morgan fingerprint density at radius 2 is 0.976 bits per heavy atom. The molecule has 0 spiro atoms. The van der Waals surface area contributed by atoms with E-state index in [9.17, 15) is 4.79 Å². The second-order valence-electron chi connectivity index (χ2n) is 11.9. The maximum Gasteiger partial charge on any atom is 0.185 e. The number of ketones is 1. The third-order valence-corrected chi connectivity index (χ3v) is 8.59. The van der Waals surface area contributed by atoms with Crippen LogP contribution < -0.4 is 9.47 Å². The van der Waals surface area contributed by atoms with Crippen LogP contribution in [0.1, 0.15) is 81.8 Å². The molecule has 2 aliphatic heterocycles. The van der Waals surface area contributed by atoms with Crippen LogP contribution in [0.4, 0.5) is 0 Å². The lowest BCUT2D eigenvalue weighted by atomic mass is 9.87. The summed E-state index contributed by atoms with van der Waals surface area (Å²) in [6.45, 7) is 8.68. The van der Waals surface area contributed by atoms with Crippen LogP contribution in [0.2, 0.25) is 0 Å². The summed E-state index contributed by atoms with van der Waals surface area (Å²) in [5.74, 6) is 1.97. The van der Waals surface area contributed by atoms with Gasteiger partial charge < -0.3 is 19.3 Å². The van der Waals surface area contributed by atoms with Crippen molar-refractivity contribution in [2.24, 2.45) is 0 Å². The maximum absolute atomic E-state index is 13.3. The number of carbonyl (C=O) groups is 1. The molecule has 2 heterocycles. The van der Waals surface area contributed by atoms with Gasteiger partial charge in [-0.05, 0) is 132 Å². The molecule has 2 saturated heterocycles. The molecule has 1 aliphatic carbocycles. The van der Waals surface area contributed by atoms with Crippen molar-refractivity contribution >= 4 is 17.9 Å². The summed E-state index contributed by atoms with van der Waals surface area (Å²) in [7, 11) is 0. The third kappa shape index (κ3) is 9.58. The smallest absolute Gasteiger partial charge is 0.185 e. The Morgan fingerprint density at radius 1 is 0.561 bits per heavy atom. The number of nitrogens with zero attached hydrogens (tertiary/aromatic N) is 2. The Labute approximate surface area is 247 Å². The molecule has 1 saturated carbocycles. The average molecular weight is 557 g/mol. The van der Waals surface area contributed by atoms with Crippen LogP contribution in [-0.4, -0.2) is 68.1 Å². The molecular weight excluding hydrogens is 508 g/mol. The molecule has 2 aromatic rings. The number of hydrogen-bond donors (Lipinski definition) is 0. The number of rotatable bonds is 12. The Hall–Kier alpha value is -2.89. The Kier molecular flexibility index (Phi) is 11.5. The van der Waals surface area contributed by atoms with Gasteiger partial charge in [0.2, 0.25) is 0 Å². The first kappa shape index (κ1) is 29.6. The van der Waals surface area contributed by atoms with E-state index in [1.165, 1.54) is 64.7 Å². The molecule has 0 amide bonds. The van der Waals surface area contributed by atoms with Crippen molar-refractivity contribution in [2.75, 3.05) is 52.5 Å². The van der Waals surface area contributed by atoms with Gasteiger partial charge in [-0.1, -0.05) is 37.1 Å². The first-order chi connectivity index (χ1) is 20.2. The fourth-order valence-electron chi connectivity index (χ4n) is 6.22. The van der Waals surface area contributed by atoms with Crippen LogP contribution in [0, 0.1) is 0 Å². The predicted molar refractivity (Wildman–Crippen MR) is 169 cm³/mol. The van der Waals surface area contributed by atoms with Crippen molar-refractivity contribution in [1.29, 1.82) is 0 Å². The third-order valence-electron chi connectivity index (χ3n) is 8.59. The van der Waals surface area contributed by atoms with Crippen LogP contribution in [0.25, 0.3) is 12.2 Å². The lowest BCUT2D eigenvalue weighted by molar-refractivity contribution is -0.112. The van der Waals surface area contributed by atoms with Gasteiger partial charge in [0, 0.05) is 24.2 Å². The summed E-state index contributed by atoms with van der Waals surface area (Å²) in [6.07, 6.45) is 17.0. The minimum Gasteiger partial charge on any atom is -0.494 e. The average Bonchev–Trinajstić information content (AvgIpc) is 3.02. The van der Waals surface area contributed by atoms with Gasteiger partial charge in [0.25, 0.3) is 0 Å². The van der Waals surface area contributed by atoms with Gasteiger partial charge >= 0.3 is 0 Å². The highest BCUT2D eigenvalue weighted by molar-refractivity contribution is 6.13. The van der Waals surface area contributed by atoms with Gasteiger partial charge in [0.1, 0.15) is 11.5 Å². The van der Waals surface area contributed by atoms with Crippen LogP contribution >= 0.6 is 0 Å². The summed E-state index contributed by atoms with van der Waals surface area (Å²) < 4.78 is 11.9.